The summed E-state index contributed by atoms with van der Waals surface area (Å²) in [4.78, 5) is 19.3. The molecule has 0 spiro atoms. The molecule has 118 valence electrons. The molecule has 2 rings (SSSR count). The first-order chi connectivity index (χ1) is 10.5. The highest BCUT2D eigenvalue weighted by molar-refractivity contribution is 7.16. The van der Waals surface area contributed by atoms with Gasteiger partial charge in [0.1, 0.15) is 0 Å². The summed E-state index contributed by atoms with van der Waals surface area (Å²) in [7, 11) is 0. The van der Waals surface area contributed by atoms with Gasteiger partial charge in [-0.1, -0.05) is 48.9 Å². The summed E-state index contributed by atoms with van der Waals surface area (Å²) in [6.45, 7) is 8.55. The molecule has 1 aromatic heterocycles. The Balaban J connectivity index is 2.38. The third-order valence-corrected chi connectivity index (χ3v) is 4.57. The van der Waals surface area contributed by atoms with Crippen LogP contribution in [-0.2, 0) is 11.3 Å². The molecule has 1 N–H and O–H groups in total. The van der Waals surface area contributed by atoms with Gasteiger partial charge >= 0.3 is 0 Å². The van der Waals surface area contributed by atoms with Crippen LogP contribution in [-0.4, -0.2) is 28.9 Å². The molecule has 22 heavy (non-hydrogen) atoms. The number of benzene rings is 1. The molecule has 6 heteroatoms. The van der Waals surface area contributed by atoms with Crippen molar-refractivity contribution in [2.24, 2.45) is 0 Å². The smallest absolute Gasteiger partial charge is 0.223 e. The summed E-state index contributed by atoms with van der Waals surface area (Å²) >= 11 is 7.49. The summed E-state index contributed by atoms with van der Waals surface area (Å²) < 4.78 is 0. The first kappa shape index (κ1) is 16.9. The molecule has 1 heterocycles. The largest absolute Gasteiger partial charge is 0.302 e. The van der Waals surface area contributed by atoms with Crippen molar-refractivity contribution < 1.29 is 4.79 Å². The van der Waals surface area contributed by atoms with Gasteiger partial charge in [-0.2, -0.15) is 0 Å². The van der Waals surface area contributed by atoms with Crippen LogP contribution in [0.1, 0.15) is 25.6 Å². The predicted molar refractivity (Wildman–Crippen MR) is 93.5 cm³/mol. The Bertz CT molecular complexity index is 635. The number of rotatable bonds is 6. The number of carbonyl (C=O) groups excluding carboxylic acids is 1. The highest BCUT2D eigenvalue weighted by Gasteiger charge is 2.16. The molecule has 0 radical (unpaired) electrons. The van der Waals surface area contributed by atoms with Crippen molar-refractivity contribution in [3.63, 3.8) is 0 Å². The van der Waals surface area contributed by atoms with Crippen LogP contribution in [0.25, 0.3) is 11.3 Å². The number of thiazole rings is 1. The number of aromatic nitrogens is 1. The molecule has 1 aromatic carbocycles. The molecule has 0 aliphatic rings. The Kier molecular flexibility index (Phi) is 5.94. The van der Waals surface area contributed by atoms with Crippen LogP contribution in [0.5, 0.6) is 0 Å². The first-order valence-corrected chi connectivity index (χ1v) is 8.48. The first-order valence-electron chi connectivity index (χ1n) is 7.29. The van der Waals surface area contributed by atoms with Gasteiger partial charge in [-0.05, 0) is 25.2 Å². The third-order valence-electron chi connectivity index (χ3n) is 3.36. The molecule has 0 atom stereocenters. The Labute approximate surface area is 140 Å². The Morgan fingerprint density at radius 3 is 2.45 bits per heavy atom. The fourth-order valence-corrected chi connectivity index (χ4v) is 3.34. The second kappa shape index (κ2) is 7.72. The minimum Gasteiger partial charge on any atom is -0.302 e. The van der Waals surface area contributed by atoms with Crippen LogP contribution in [0.15, 0.2) is 24.3 Å². The fourth-order valence-electron chi connectivity index (χ4n) is 2.15. The lowest BCUT2D eigenvalue weighted by molar-refractivity contribution is -0.114. The zero-order valence-corrected chi connectivity index (χ0v) is 14.6. The standard InChI is InChI=1S/C16H20ClN3OS/c1-4-20(5-2)10-14-15(12-6-8-13(17)9-7-12)19-16(22-14)18-11(3)21/h6-9H,4-5,10H2,1-3H3,(H,18,19,21). The Morgan fingerprint density at radius 1 is 1.27 bits per heavy atom. The number of halogens is 1. The van der Waals surface area contributed by atoms with Gasteiger partial charge in [0.2, 0.25) is 5.91 Å². The Morgan fingerprint density at radius 2 is 1.91 bits per heavy atom. The summed E-state index contributed by atoms with van der Waals surface area (Å²) in [6.07, 6.45) is 0. The molecule has 4 nitrogen and oxygen atoms in total. The van der Waals surface area contributed by atoms with Crippen molar-refractivity contribution in [2.45, 2.75) is 27.3 Å². The van der Waals surface area contributed by atoms with Gasteiger partial charge < -0.3 is 5.32 Å². The van der Waals surface area contributed by atoms with E-state index >= 15 is 0 Å². The van der Waals surface area contributed by atoms with E-state index in [1.807, 2.05) is 24.3 Å². The zero-order valence-electron chi connectivity index (χ0n) is 13.0. The zero-order chi connectivity index (χ0) is 16.1. The van der Waals surface area contributed by atoms with E-state index in [0.29, 0.717) is 10.2 Å². The summed E-state index contributed by atoms with van der Waals surface area (Å²) in [5.74, 6) is -0.106. The summed E-state index contributed by atoms with van der Waals surface area (Å²) in [5.41, 5.74) is 1.93. The van der Waals surface area contributed by atoms with Crippen molar-refractivity contribution in [2.75, 3.05) is 18.4 Å². The SMILES string of the molecule is CCN(CC)Cc1sc(NC(C)=O)nc1-c1ccc(Cl)cc1. The number of amides is 1. The molecule has 1 amide bonds. The number of nitrogens with zero attached hydrogens (tertiary/aromatic N) is 2. The van der Waals surface area contributed by atoms with E-state index in [1.54, 1.807) is 0 Å². The normalized spacial score (nSPS) is 11.0. The number of hydrogen-bond acceptors (Lipinski definition) is 4. The van der Waals surface area contributed by atoms with E-state index in [0.717, 1.165) is 35.8 Å². The number of hydrogen-bond donors (Lipinski definition) is 1. The summed E-state index contributed by atoms with van der Waals surface area (Å²) in [6, 6.07) is 7.63. The van der Waals surface area contributed by atoms with Gasteiger partial charge in [-0.15, -0.1) is 0 Å². The number of carbonyl (C=O) groups is 1. The minimum atomic E-state index is -0.106. The summed E-state index contributed by atoms with van der Waals surface area (Å²) in [5, 5.41) is 4.12. The second-order valence-electron chi connectivity index (χ2n) is 4.94. The van der Waals surface area contributed by atoms with Crippen LogP contribution in [0, 0.1) is 0 Å². The average molecular weight is 338 g/mol. The molecule has 2 aromatic rings. The second-order valence-corrected chi connectivity index (χ2v) is 6.46. The molecule has 0 aliphatic heterocycles. The average Bonchev–Trinajstić information content (AvgIpc) is 2.87. The molecule has 0 saturated carbocycles. The van der Waals surface area contributed by atoms with Crippen LogP contribution in [0.3, 0.4) is 0 Å². The van der Waals surface area contributed by atoms with E-state index in [-0.39, 0.29) is 5.91 Å². The lowest BCUT2D eigenvalue weighted by atomic mass is 10.1. The van der Waals surface area contributed by atoms with Gasteiger partial charge in [0.25, 0.3) is 0 Å². The maximum absolute atomic E-state index is 11.3. The van der Waals surface area contributed by atoms with E-state index < -0.39 is 0 Å². The van der Waals surface area contributed by atoms with Gasteiger partial charge in [-0.3, -0.25) is 9.69 Å². The quantitative estimate of drug-likeness (QED) is 0.856. The van der Waals surface area contributed by atoms with Gasteiger partial charge in [0.05, 0.1) is 5.69 Å². The minimum absolute atomic E-state index is 0.106. The number of nitrogens with one attached hydrogen (secondary N) is 1. The predicted octanol–water partition coefficient (Wildman–Crippen LogP) is 4.26. The molecular formula is C16H20ClN3OS. The maximum atomic E-state index is 11.3. The monoisotopic (exact) mass is 337 g/mol. The van der Waals surface area contributed by atoms with Crippen molar-refractivity contribution in [1.29, 1.82) is 0 Å². The third kappa shape index (κ3) is 4.29. The highest BCUT2D eigenvalue weighted by atomic mass is 35.5. The fraction of sp³-hybridized carbons (Fsp3) is 0.375. The van der Waals surface area contributed by atoms with Gasteiger partial charge in [0, 0.05) is 28.9 Å². The van der Waals surface area contributed by atoms with Crippen molar-refractivity contribution >= 4 is 34.0 Å². The lowest BCUT2D eigenvalue weighted by Gasteiger charge is -2.17. The molecular weight excluding hydrogens is 318 g/mol. The highest BCUT2D eigenvalue weighted by Crippen LogP contribution is 2.32. The van der Waals surface area contributed by atoms with Crippen molar-refractivity contribution in [1.82, 2.24) is 9.88 Å². The van der Waals surface area contributed by atoms with Crippen molar-refractivity contribution in [3.05, 3.63) is 34.2 Å². The maximum Gasteiger partial charge on any atom is 0.223 e. The van der Waals surface area contributed by atoms with Gasteiger partial charge in [0.15, 0.2) is 5.13 Å². The van der Waals surface area contributed by atoms with Crippen LogP contribution < -0.4 is 5.32 Å². The topological polar surface area (TPSA) is 45.2 Å². The molecule has 0 aliphatic carbocycles. The van der Waals surface area contributed by atoms with Gasteiger partial charge in [-0.25, -0.2) is 4.98 Å². The van der Waals surface area contributed by atoms with E-state index in [4.69, 9.17) is 11.6 Å². The van der Waals surface area contributed by atoms with E-state index in [1.165, 1.54) is 18.3 Å². The lowest BCUT2D eigenvalue weighted by Crippen LogP contribution is -2.21. The van der Waals surface area contributed by atoms with Crippen LogP contribution >= 0.6 is 22.9 Å². The van der Waals surface area contributed by atoms with E-state index in [9.17, 15) is 4.79 Å². The number of anilines is 1. The molecule has 0 saturated heterocycles. The van der Waals surface area contributed by atoms with E-state index in [2.05, 4.69) is 29.0 Å². The molecule has 0 fully saturated rings. The van der Waals surface area contributed by atoms with Crippen LogP contribution in [0.4, 0.5) is 5.13 Å². The molecule has 0 unspecified atom stereocenters. The van der Waals surface area contributed by atoms with Crippen LogP contribution in [0.2, 0.25) is 5.02 Å². The molecule has 0 bridgehead atoms. The van der Waals surface area contributed by atoms with Crippen molar-refractivity contribution in [3.8, 4) is 11.3 Å². The Hall–Kier alpha value is -1.43.